The second-order valence-electron chi connectivity index (χ2n) is 5.62. The maximum absolute atomic E-state index is 12.3. The van der Waals surface area contributed by atoms with Crippen molar-refractivity contribution in [1.82, 2.24) is 5.32 Å². The molecule has 1 amide bonds. The lowest BCUT2D eigenvalue weighted by Gasteiger charge is -2.12. The van der Waals surface area contributed by atoms with Gasteiger partial charge in [0, 0.05) is 18.0 Å². The van der Waals surface area contributed by atoms with Gasteiger partial charge in [0.1, 0.15) is 17.1 Å². The SMILES string of the molecule is COc1ccc(CNC(=O)[C@H]2Cc3cc(Cl)ccc3O2)cc1C(=O)O. The highest BCUT2D eigenvalue weighted by Gasteiger charge is 2.29. The van der Waals surface area contributed by atoms with Crippen LogP contribution in [0.25, 0.3) is 0 Å². The van der Waals surface area contributed by atoms with E-state index in [-0.39, 0.29) is 23.8 Å². The summed E-state index contributed by atoms with van der Waals surface area (Å²) in [7, 11) is 1.41. The summed E-state index contributed by atoms with van der Waals surface area (Å²) >= 11 is 5.94. The fraction of sp³-hybridized carbons (Fsp3) is 0.222. The molecule has 1 atom stereocenters. The number of fused-ring (bicyclic) bond motifs is 1. The monoisotopic (exact) mass is 361 g/mol. The van der Waals surface area contributed by atoms with Crippen molar-refractivity contribution in [3.63, 3.8) is 0 Å². The molecule has 0 unspecified atom stereocenters. The fourth-order valence-electron chi connectivity index (χ4n) is 2.70. The number of methoxy groups -OCH3 is 1. The Morgan fingerprint density at radius 2 is 2.12 bits per heavy atom. The molecule has 0 saturated carbocycles. The Balaban J connectivity index is 1.64. The normalized spacial score (nSPS) is 15.2. The average Bonchev–Trinajstić information content (AvgIpc) is 3.02. The zero-order chi connectivity index (χ0) is 18.0. The molecule has 0 aliphatic carbocycles. The zero-order valence-electron chi connectivity index (χ0n) is 13.4. The molecular formula is C18H16ClNO5. The third kappa shape index (κ3) is 3.69. The van der Waals surface area contributed by atoms with Gasteiger partial charge in [0.25, 0.3) is 5.91 Å². The van der Waals surface area contributed by atoms with Crippen LogP contribution in [-0.2, 0) is 17.8 Å². The highest BCUT2D eigenvalue weighted by molar-refractivity contribution is 6.30. The fourth-order valence-corrected chi connectivity index (χ4v) is 2.89. The summed E-state index contributed by atoms with van der Waals surface area (Å²) in [4.78, 5) is 23.5. The zero-order valence-corrected chi connectivity index (χ0v) is 14.2. The van der Waals surface area contributed by atoms with Gasteiger partial charge < -0.3 is 19.9 Å². The van der Waals surface area contributed by atoms with Gasteiger partial charge in [0.15, 0.2) is 6.10 Å². The first kappa shape index (κ1) is 17.1. The average molecular weight is 362 g/mol. The molecule has 6 nitrogen and oxygen atoms in total. The number of nitrogens with one attached hydrogen (secondary N) is 1. The van der Waals surface area contributed by atoms with Crippen LogP contribution in [0.2, 0.25) is 5.02 Å². The molecule has 0 spiro atoms. The number of aromatic carboxylic acids is 1. The smallest absolute Gasteiger partial charge is 0.339 e. The second kappa shape index (κ2) is 7.03. The second-order valence-corrected chi connectivity index (χ2v) is 6.06. The summed E-state index contributed by atoms with van der Waals surface area (Å²) in [5, 5.41) is 12.6. The highest BCUT2D eigenvalue weighted by atomic mass is 35.5. The lowest BCUT2D eigenvalue weighted by Crippen LogP contribution is -2.37. The molecular weight excluding hydrogens is 346 g/mol. The van der Waals surface area contributed by atoms with Crippen LogP contribution in [0.4, 0.5) is 0 Å². The van der Waals surface area contributed by atoms with Crippen LogP contribution in [0.15, 0.2) is 36.4 Å². The number of amides is 1. The van der Waals surface area contributed by atoms with Crippen molar-refractivity contribution in [2.24, 2.45) is 0 Å². The van der Waals surface area contributed by atoms with E-state index in [1.54, 1.807) is 30.3 Å². The number of carboxylic acids is 1. The number of rotatable bonds is 5. The molecule has 0 radical (unpaired) electrons. The van der Waals surface area contributed by atoms with Crippen molar-refractivity contribution in [3.8, 4) is 11.5 Å². The van der Waals surface area contributed by atoms with Gasteiger partial charge in [-0.25, -0.2) is 4.79 Å². The van der Waals surface area contributed by atoms with Crippen molar-refractivity contribution in [1.29, 1.82) is 0 Å². The number of benzene rings is 2. The Hall–Kier alpha value is -2.73. The molecule has 2 N–H and O–H groups in total. The summed E-state index contributed by atoms with van der Waals surface area (Å²) in [6.07, 6.45) is -0.171. The predicted molar refractivity (Wildman–Crippen MR) is 91.4 cm³/mol. The number of carboxylic acid groups (broad SMARTS) is 1. The van der Waals surface area contributed by atoms with E-state index in [9.17, 15) is 14.7 Å². The molecule has 0 bridgehead atoms. The molecule has 1 heterocycles. The summed E-state index contributed by atoms with van der Waals surface area (Å²) in [5.74, 6) is -0.423. The van der Waals surface area contributed by atoms with Crippen molar-refractivity contribution in [2.75, 3.05) is 7.11 Å². The minimum Gasteiger partial charge on any atom is -0.496 e. The first-order valence-corrected chi connectivity index (χ1v) is 7.98. The van der Waals surface area contributed by atoms with E-state index < -0.39 is 12.1 Å². The largest absolute Gasteiger partial charge is 0.496 e. The third-order valence-electron chi connectivity index (χ3n) is 3.95. The molecule has 3 rings (SSSR count). The first-order valence-electron chi connectivity index (χ1n) is 7.61. The summed E-state index contributed by atoms with van der Waals surface area (Å²) in [5.41, 5.74) is 1.60. The van der Waals surface area contributed by atoms with E-state index in [0.29, 0.717) is 22.8 Å². The van der Waals surface area contributed by atoms with Crippen LogP contribution >= 0.6 is 11.6 Å². The van der Waals surface area contributed by atoms with Gasteiger partial charge in [-0.1, -0.05) is 17.7 Å². The minimum atomic E-state index is -1.09. The van der Waals surface area contributed by atoms with Crippen LogP contribution in [0.5, 0.6) is 11.5 Å². The molecule has 0 aromatic heterocycles. The Bertz CT molecular complexity index is 836. The number of ether oxygens (including phenoxy) is 2. The van der Waals surface area contributed by atoms with E-state index in [1.807, 2.05) is 0 Å². The van der Waals surface area contributed by atoms with Gasteiger partial charge in [-0.15, -0.1) is 0 Å². The number of halogens is 1. The van der Waals surface area contributed by atoms with Crippen LogP contribution < -0.4 is 14.8 Å². The van der Waals surface area contributed by atoms with Crippen LogP contribution in [-0.4, -0.2) is 30.2 Å². The van der Waals surface area contributed by atoms with E-state index in [2.05, 4.69) is 5.32 Å². The molecule has 130 valence electrons. The van der Waals surface area contributed by atoms with Crippen molar-refractivity contribution in [2.45, 2.75) is 19.1 Å². The van der Waals surface area contributed by atoms with Gasteiger partial charge >= 0.3 is 5.97 Å². The molecule has 1 aliphatic rings. The number of carbonyl (C=O) groups is 2. The Labute approximate surface area is 149 Å². The lowest BCUT2D eigenvalue weighted by molar-refractivity contribution is -0.127. The van der Waals surface area contributed by atoms with Gasteiger partial charge in [0.05, 0.1) is 7.11 Å². The molecule has 7 heteroatoms. The minimum absolute atomic E-state index is 0.0495. The van der Waals surface area contributed by atoms with Gasteiger partial charge in [-0.2, -0.15) is 0 Å². The molecule has 1 aliphatic heterocycles. The van der Waals surface area contributed by atoms with E-state index >= 15 is 0 Å². The molecule has 0 saturated heterocycles. The molecule has 2 aromatic rings. The van der Waals surface area contributed by atoms with E-state index in [4.69, 9.17) is 21.1 Å². The Morgan fingerprint density at radius 1 is 1.32 bits per heavy atom. The van der Waals surface area contributed by atoms with Gasteiger partial charge in [-0.05, 0) is 41.5 Å². The first-order chi connectivity index (χ1) is 12.0. The Kier molecular flexibility index (Phi) is 4.81. The number of hydrogen-bond donors (Lipinski definition) is 2. The standard InChI is InChI=1S/C18H16ClNO5/c1-24-15-4-2-10(6-13(15)18(22)23)9-20-17(21)16-8-11-7-12(19)3-5-14(11)25-16/h2-7,16H,8-9H2,1H3,(H,20,21)(H,22,23)/t16-/m1/s1. The maximum atomic E-state index is 12.3. The summed E-state index contributed by atoms with van der Waals surface area (Å²) < 4.78 is 10.6. The van der Waals surface area contributed by atoms with E-state index in [0.717, 1.165) is 5.56 Å². The predicted octanol–water partition coefficient (Wildman–Crippen LogP) is 2.67. The van der Waals surface area contributed by atoms with Crippen LogP contribution in [0.3, 0.4) is 0 Å². The summed E-state index contributed by atoms with van der Waals surface area (Å²) in [6.45, 7) is 0.195. The van der Waals surface area contributed by atoms with Crippen molar-refractivity contribution in [3.05, 3.63) is 58.1 Å². The molecule has 2 aromatic carbocycles. The maximum Gasteiger partial charge on any atom is 0.339 e. The van der Waals surface area contributed by atoms with Gasteiger partial charge in [-0.3, -0.25) is 4.79 Å². The Morgan fingerprint density at radius 3 is 2.84 bits per heavy atom. The third-order valence-corrected chi connectivity index (χ3v) is 4.19. The molecule has 0 fully saturated rings. The molecule has 25 heavy (non-hydrogen) atoms. The quantitative estimate of drug-likeness (QED) is 0.855. The van der Waals surface area contributed by atoms with Crippen molar-refractivity contribution < 1.29 is 24.2 Å². The lowest BCUT2D eigenvalue weighted by atomic mass is 10.1. The topological polar surface area (TPSA) is 84.9 Å². The van der Waals surface area contributed by atoms with Crippen molar-refractivity contribution >= 4 is 23.5 Å². The van der Waals surface area contributed by atoms with Gasteiger partial charge in [0.2, 0.25) is 0 Å². The number of carbonyl (C=O) groups excluding carboxylic acids is 1. The van der Waals surface area contributed by atoms with E-state index in [1.165, 1.54) is 13.2 Å². The summed E-state index contributed by atoms with van der Waals surface area (Å²) in [6, 6.07) is 9.99. The number of hydrogen-bond acceptors (Lipinski definition) is 4. The van der Waals surface area contributed by atoms with Crippen LogP contribution in [0, 0.1) is 0 Å². The highest BCUT2D eigenvalue weighted by Crippen LogP contribution is 2.31. The van der Waals surface area contributed by atoms with Crippen LogP contribution in [0.1, 0.15) is 21.5 Å².